The zero-order valence-electron chi connectivity index (χ0n) is 41.7. The minimum Gasteiger partial charge on any atom is -0.444 e. The number of benzene rings is 2. The monoisotopic (exact) mass is 1020 g/mol. The number of ether oxygens (including phenoxy) is 1. The lowest BCUT2D eigenvalue weighted by Gasteiger charge is -2.33. The molecule has 0 radical (unpaired) electrons. The van der Waals surface area contributed by atoms with Gasteiger partial charge < -0.3 is 24.8 Å². The second-order valence-corrected chi connectivity index (χ2v) is 21.1. The van der Waals surface area contributed by atoms with E-state index in [1.807, 2.05) is 56.6 Å². The molecule has 18 heteroatoms. The topological polar surface area (TPSA) is 156 Å². The van der Waals surface area contributed by atoms with Gasteiger partial charge in [-0.15, -0.1) is 22.7 Å². The minimum atomic E-state index is -0.511. The van der Waals surface area contributed by atoms with Crippen molar-refractivity contribution in [3.8, 4) is 34.7 Å². The standard InChI is InChI=1S/C30H33FN6O2S.C25H25FN6S/c1-30(2,3)39-29(38)36-16-13-20(14-17-36)22-9-12-26-33-24(6-5-15-32)27(37(26)18-22)35(4)28-34-25(19-40-28)21-7-10-23(31)11-8-21;1-31(25-30-22(16-33-25)18-4-7-20(26)8-5-18)24-21(3-2-12-27)29-23-9-6-19(15-32(23)24)17-10-13-28-14-11-17/h7-12,18-20H,5-6,13-14,16-17H2,1-4H3;4-9,15-17,28H,2-3,10-11,13-14H2,1H3. The molecule has 0 atom stereocenters. The molecule has 0 bridgehead atoms. The molecule has 376 valence electrons. The third-order valence-corrected chi connectivity index (χ3v) is 15.1. The molecule has 1 amide bonds. The zero-order chi connectivity index (χ0) is 51.2. The van der Waals surface area contributed by atoms with E-state index < -0.39 is 5.60 Å². The first-order valence-electron chi connectivity index (χ1n) is 24.6. The Bertz CT molecular complexity index is 3280. The molecule has 2 aliphatic rings. The number of imidazole rings is 2. The van der Waals surface area contributed by atoms with Gasteiger partial charge in [0.25, 0.3) is 0 Å². The predicted octanol–water partition coefficient (Wildman–Crippen LogP) is 12.2. The number of carbonyl (C=O) groups excluding carboxylic acids is 1. The first-order chi connectivity index (χ1) is 35.3. The molecule has 2 saturated heterocycles. The van der Waals surface area contributed by atoms with Crippen molar-refractivity contribution in [3.63, 3.8) is 0 Å². The number of fused-ring (bicyclic) bond motifs is 2. The van der Waals surface area contributed by atoms with Crippen LogP contribution in [0.5, 0.6) is 0 Å². The second kappa shape index (κ2) is 22.3. The van der Waals surface area contributed by atoms with E-state index in [1.165, 1.54) is 58.1 Å². The van der Waals surface area contributed by atoms with Gasteiger partial charge in [-0.2, -0.15) is 10.5 Å². The quantitative estimate of drug-likeness (QED) is 0.124. The lowest BCUT2D eigenvalue weighted by molar-refractivity contribution is 0.0204. The number of hydrogen-bond donors (Lipinski definition) is 1. The van der Waals surface area contributed by atoms with Crippen molar-refractivity contribution in [1.29, 1.82) is 10.5 Å². The molecule has 0 unspecified atom stereocenters. The summed E-state index contributed by atoms with van der Waals surface area (Å²) in [5, 5.41) is 27.4. The Labute approximate surface area is 432 Å². The molecule has 0 saturated carbocycles. The molecule has 8 heterocycles. The number of likely N-dealkylation sites (tertiary alicyclic amines) is 1. The molecule has 2 fully saturated rings. The van der Waals surface area contributed by atoms with Gasteiger partial charge in [0.15, 0.2) is 10.3 Å². The maximum Gasteiger partial charge on any atom is 0.410 e. The van der Waals surface area contributed by atoms with Crippen LogP contribution >= 0.6 is 22.7 Å². The Kier molecular flexibility index (Phi) is 15.4. The van der Waals surface area contributed by atoms with Crippen LogP contribution < -0.4 is 15.1 Å². The van der Waals surface area contributed by atoms with Gasteiger partial charge >= 0.3 is 6.09 Å². The summed E-state index contributed by atoms with van der Waals surface area (Å²) in [6.45, 7) is 9.02. The van der Waals surface area contributed by atoms with Crippen LogP contribution in [0, 0.1) is 34.3 Å². The van der Waals surface area contributed by atoms with Crippen molar-refractivity contribution in [2.45, 2.75) is 89.6 Å². The van der Waals surface area contributed by atoms with Crippen molar-refractivity contribution in [1.82, 2.24) is 39.0 Å². The number of nitriles is 2. The highest BCUT2D eigenvalue weighted by Gasteiger charge is 2.29. The molecule has 10 rings (SSSR count). The second-order valence-electron chi connectivity index (χ2n) is 19.4. The number of amides is 1. The molecule has 6 aromatic heterocycles. The van der Waals surface area contributed by atoms with Crippen LogP contribution in [0.4, 0.5) is 35.5 Å². The number of thiazole rings is 2. The van der Waals surface area contributed by atoms with Gasteiger partial charge in [0.1, 0.15) is 40.2 Å². The number of piperidine rings is 2. The van der Waals surface area contributed by atoms with Gasteiger partial charge in [-0.1, -0.05) is 12.1 Å². The molecule has 2 aliphatic heterocycles. The smallest absolute Gasteiger partial charge is 0.410 e. The number of carbonyl (C=O) groups is 1. The molecule has 1 N–H and O–H groups in total. The van der Waals surface area contributed by atoms with Crippen molar-refractivity contribution in [2.24, 2.45) is 0 Å². The fourth-order valence-electron chi connectivity index (χ4n) is 9.47. The number of aryl methyl sites for hydroxylation is 2. The lowest BCUT2D eigenvalue weighted by atomic mass is 9.90. The highest BCUT2D eigenvalue weighted by atomic mass is 32.1. The fourth-order valence-corrected chi connectivity index (χ4v) is 11.1. The number of halogens is 2. The van der Waals surface area contributed by atoms with Gasteiger partial charge in [-0.25, -0.2) is 33.5 Å². The van der Waals surface area contributed by atoms with Crippen LogP contribution in [0.3, 0.4) is 0 Å². The molecule has 73 heavy (non-hydrogen) atoms. The Morgan fingerprint density at radius 2 is 1.12 bits per heavy atom. The van der Waals surface area contributed by atoms with E-state index in [0.717, 1.165) is 106 Å². The summed E-state index contributed by atoms with van der Waals surface area (Å²) in [6.07, 6.45) is 9.89. The summed E-state index contributed by atoms with van der Waals surface area (Å²) in [5.41, 5.74) is 8.70. The van der Waals surface area contributed by atoms with E-state index in [0.29, 0.717) is 50.6 Å². The Balaban J connectivity index is 0.000000183. The Hall–Kier alpha value is -7.25. The van der Waals surface area contributed by atoms with Crippen molar-refractivity contribution >= 4 is 62.0 Å². The van der Waals surface area contributed by atoms with Crippen molar-refractivity contribution in [3.05, 3.63) is 130 Å². The first-order valence-corrected chi connectivity index (χ1v) is 26.4. The van der Waals surface area contributed by atoms with Gasteiger partial charge in [0.05, 0.1) is 34.9 Å². The third kappa shape index (κ3) is 11.7. The number of rotatable bonds is 12. The fraction of sp³-hybridized carbons (Fsp3) is 0.364. The van der Waals surface area contributed by atoms with E-state index in [2.05, 4.69) is 61.7 Å². The minimum absolute atomic E-state index is 0.259. The van der Waals surface area contributed by atoms with E-state index in [4.69, 9.17) is 24.7 Å². The van der Waals surface area contributed by atoms with E-state index >= 15 is 0 Å². The highest BCUT2D eigenvalue weighted by molar-refractivity contribution is 7.14. The van der Waals surface area contributed by atoms with Crippen molar-refractivity contribution < 1.29 is 18.3 Å². The van der Waals surface area contributed by atoms with Crippen molar-refractivity contribution in [2.75, 3.05) is 50.1 Å². The summed E-state index contributed by atoms with van der Waals surface area (Å²) in [6, 6.07) is 25.6. The zero-order valence-corrected chi connectivity index (χ0v) is 43.3. The molecular formula is C55H58F2N12O2S2. The maximum atomic E-state index is 13.4. The van der Waals surface area contributed by atoms with Crippen LogP contribution in [-0.4, -0.2) is 85.6 Å². The number of anilines is 4. The van der Waals surface area contributed by atoms with Crippen LogP contribution in [0.1, 0.15) is 93.6 Å². The summed E-state index contributed by atoms with van der Waals surface area (Å²) >= 11 is 3.04. The largest absolute Gasteiger partial charge is 0.444 e. The van der Waals surface area contributed by atoms with Crippen LogP contribution in [0.25, 0.3) is 33.8 Å². The third-order valence-electron chi connectivity index (χ3n) is 13.2. The summed E-state index contributed by atoms with van der Waals surface area (Å²) in [7, 11) is 3.95. The predicted molar refractivity (Wildman–Crippen MR) is 284 cm³/mol. The number of nitrogens with zero attached hydrogens (tertiary/aromatic N) is 11. The van der Waals surface area contributed by atoms with Gasteiger partial charge in [0.2, 0.25) is 0 Å². The average Bonchev–Trinajstić information content (AvgIpc) is 4.23. The summed E-state index contributed by atoms with van der Waals surface area (Å²) < 4.78 is 36.5. The highest BCUT2D eigenvalue weighted by Crippen LogP contribution is 2.38. The molecule has 14 nitrogen and oxygen atoms in total. The Morgan fingerprint density at radius 3 is 1.55 bits per heavy atom. The number of nitrogens with one attached hydrogen (secondary N) is 1. The van der Waals surface area contributed by atoms with E-state index in [1.54, 1.807) is 29.2 Å². The molecule has 0 spiro atoms. The number of pyridine rings is 2. The van der Waals surface area contributed by atoms with Gasteiger partial charge in [-0.3, -0.25) is 8.80 Å². The van der Waals surface area contributed by atoms with E-state index in [9.17, 15) is 24.1 Å². The lowest BCUT2D eigenvalue weighted by Crippen LogP contribution is -2.41. The number of aromatic nitrogens is 6. The molecular weight excluding hydrogens is 963 g/mol. The van der Waals surface area contributed by atoms with Crippen LogP contribution in [0.15, 0.2) is 96.0 Å². The Morgan fingerprint density at radius 1 is 0.685 bits per heavy atom. The average molecular weight is 1020 g/mol. The van der Waals surface area contributed by atoms with E-state index in [-0.39, 0.29) is 17.7 Å². The summed E-state index contributed by atoms with van der Waals surface area (Å²) in [4.78, 5) is 37.7. The SMILES string of the molecule is CN(c1nc(-c2ccc(F)cc2)cs1)c1c(CCC#N)nc2ccc(C3CCN(C(=O)OC(C)(C)C)CC3)cn12.CN(c1nc(-c2ccc(F)cc2)cs1)c1c(CCC#N)nc2ccc(C3CCNCC3)cn12. The van der Waals surface area contributed by atoms with Crippen LogP contribution in [0.2, 0.25) is 0 Å². The van der Waals surface area contributed by atoms with Gasteiger partial charge in [-0.05, 0) is 143 Å². The first kappa shape index (κ1) is 50.7. The number of hydrogen-bond acceptors (Lipinski definition) is 13. The van der Waals surface area contributed by atoms with Gasteiger partial charge in [0, 0.05) is 87.1 Å². The maximum absolute atomic E-state index is 13.4. The molecule has 8 aromatic rings. The normalized spacial score (nSPS) is 14.4. The molecule has 0 aliphatic carbocycles. The van der Waals surface area contributed by atoms with Crippen LogP contribution in [-0.2, 0) is 17.6 Å². The molecule has 2 aromatic carbocycles. The summed E-state index contributed by atoms with van der Waals surface area (Å²) in [5.74, 6) is 2.11.